The fourth-order valence-electron chi connectivity index (χ4n) is 1.63. The molecule has 0 N–H and O–H groups in total. The second-order valence-corrected chi connectivity index (χ2v) is 3.44. The molecule has 0 unspecified atom stereocenters. The number of nitrogens with zero attached hydrogens (tertiary/aromatic N) is 2. The van der Waals surface area contributed by atoms with Gasteiger partial charge in [0.1, 0.15) is 11.3 Å². The summed E-state index contributed by atoms with van der Waals surface area (Å²) in [6.07, 6.45) is 3.35. The summed E-state index contributed by atoms with van der Waals surface area (Å²) >= 11 is 0. The number of aromatic nitrogens is 2. The van der Waals surface area contributed by atoms with Crippen LogP contribution in [0, 0.1) is 6.92 Å². The van der Waals surface area contributed by atoms with Gasteiger partial charge in [-0.25, -0.2) is 9.97 Å². The van der Waals surface area contributed by atoms with Gasteiger partial charge in [0.2, 0.25) is 5.71 Å². The van der Waals surface area contributed by atoms with E-state index in [1.54, 1.807) is 12.4 Å². The Kier molecular flexibility index (Phi) is 3.83. The van der Waals surface area contributed by atoms with Crippen LogP contribution in [0.2, 0.25) is 0 Å². The Bertz CT molecular complexity index is 432. The maximum Gasteiger partial charge on any atom is 0.245 e. The molecule has 0 radical (unpaired) electrons. The molecule has 0 aliphatic rings. The van der Waals surface area contributed by atoms with Crippen LogP contribution in [0.3, 0.4) is 0 Å². The van der Waals surface area contributed by atoms with Crippen LogP contribution in [0.1, 0.15) is 44.9 Å². The molecule has 0 spiro atoms. The van der Waals surface area contributed by atoms with Crippen LogP contribution in [0.15, 0.2) is 16.8 Å². The highest BCUT2D eigenvalue weighted by atomic mass is 16.3. The number of hydrogen-bond donors (Lipinski definition) is 0. The largest absolute Gasteiger partial charge is 0.441 e. The van der Waals surface area contributed by atoms with Crippen molar-refractivity contribution in [3.8, 4) is 0 Å². The third-order valence-electron chi connectivity index (χ3n) is 2.13. The summed E-state index contributed by atoms with van der Waals surface area (Å²) < 4.78 is 5.49. The van der Waals surface area contributed by atoms with Crippen molar-refractivity contribution in [1.82, 2.24) is 9.97 Å². The molecule has 0 aromatic carbocycles. The highest BCUT2D eigenvalue weighted by Gasteiger charge is 2.14. The minimum Gasteiger partial charge on any atom is -0.441 e. The molecule has 2 aromatic rings. The van der Waals surface area contributed by atoms with Gasteiger partial charge in [-0.05, 0) is 12.8 Å². The summed E-state index contributed by atoms with van der Waals surface area (Å²) in [6, 6.07) is 0. The van der Waals surface area contributed by atoms with E-state index in [4.69, 9.17) is 4.42 Å². The lowest BCUT2D eigenvalue weighted by molar-refractivity contribution is 0.558. The molecule has 82 valence electrons. The minimum absolute atomic E-state index is 0.429. The van der Waals surface area contributed by atoms with Crippen LogP contribution in [0.4, 0.5) is 0 Å². The van der Waals surface area contributed by atoms with Gasteiger partial charge in [0.25, 0.3) is 0 Å². The highest BCUT2D eigenvalue weighted by Crippen LogP contribution is 2.28. The Morgan fingerprint density at radius 3 is 2.33 bits per heavy atom. The quantitative estimate of drug-likeness (QED) is 0.714. The van der Waals surface area contributed by atoms with E-state index < -0.39 is 0 Å². The normalized spacial score (nSPS) is 10.3. The first-order chi connectivity index (χ1) is 7.20. The second-order valence-electron chi connectivity index (χ2n) is 3.44. The lowest BCUT2D eigenvalue weighted by Crippen LogP contribution is -1.89. The van der Waals surface area contributed by atoms with Crippen molar-refractivity contribution in [2.24, 2.45) is 0 Å². The van der Waals surface area contributed by atoms with Crippen LogP contribution in [0.25, 0.3) is 11.2 Å². The van der Waals surface area contributed by atoms with E-state index in [1.165, 1.54) is 5.56 Å². The first-order valence-electron chi connectivity index (χ1n) is 5.40. The third kappa shape index (κ3) is 2.17. The summed E-state index contributed by atoms with van der Waals surface area (Å²) in [6.45, 7) is 10.2. The van der Waals surface area contributed by atoms with E-state index in [0.717, 1.165) is 11.3 Å². The van der Waals surface area contributed by atoms with Crippen LogP contribution in [-0.4, -0.2) is 9.97 Å². The van der Waals surface area contributed by atoms with Crippen LogP contribution < -0.4 is 0 Å². The maximum absolute atomic E-state index is 5.49. The average molecular weight is 206 g/mol. The van der Waals surface area contributed by atoms with Gasteiger partial charge >= 0.3 is 0 Å². The van der Waals surface area contributed by atoms with E-state index in [-0.39, 0.29) is 0 Å². The summed E-state index contributed by atoms with van der Waals surface area (Å²) in [5.41, 5.74) is 2.71. The molecule has 0 fully saturated rings. The van der Waals surface area contributed by atoms with Crippen molar-refractivity contribution < 1.29 is 4.42 Å². The summed E-state index contributed by atoms with van der Waals surface area (Å²) in [5, 5.41) is 0. The Labute approximate surface area is 90.5 Å². The Balaban J connectivity index is 0.000000531. The van der Waals surface area contributed by atoms with E-state index >= 15 is 0 Å². The number of aryl methyl sites for hydroxylation is 1. The monoisotopic (exact) mass is 206 g/mol. The molecule has 3 heteroatoms. The molecule has 0 saturated carbocycles. The standard InChI is InChI=1S/C10H12N2O.C2H6/c1-6(2)8-7(3)13-10-9(8)11-4-5-12-10;1-2/h4-6H,1-3H3;1-2H3. The van der Waals surface area contributed by atoms with E-state index in [9.17, 15) is 0 Å². The van der Waals surface area contributed by atoms with E-state index in [0.29, 0.717) is 11.6 Å². The molecule has 2 rings (SSSR count). The van der Waals surface area contributed by atoms with Crippen molar-refractivity contribution in [2.75, 3.05) is 0 Å². The summed E-state index contributed by atoms with van der Waals surface area (Å²) in [7, 11) is 0. The van der Waals surface area contributed by atoms with Crippen LogP contribution in [-0.2, 0) is 0 Å². The second kappa shape index (κ2) is 4.91. The summed E-state index contributed by atoms with van der Waals surface area (Å²) in [4.78, 5) is 8.38. The molecule has 0 atom stereocenters. The molecule has 0 saturated heterocycles. The zero-order valence-electron chi connectivity index (χ0n) is 10.0. The molecule has 3 nitrogen and oxygen atoms in total. The molecule has 2 aromatic heterocycles. The predicted molar refractivity (Wildman–Crippen MR) is 62.0 cm³/mol. The fourth-order valence-corrected chi connectivity index (χ4v) is 1.63. The van der Waals surface area contributed by atoms with Gasteiger partial charge in [-0.1, -0.05) is 27.7 Å². The number of furan rings is 1. The van der Waals surface area contributed by atoms with Gasteiger partial charge in [-0.3, -0.25) is 0 Å². The molecular formula is C12H18N2O. The Morgan fingerprint density at radius 2 is 1.73 bits per heavy atom. The SMILES string of the molecule is CC.Cc1oc2nccnc2c1C(C)C. The lowest BCUT2D eigenvalue weighted by atomic mass is 10.0. The Hall–Kier alpha value is -1.38. The Morgan fingerprint density at radius 1 is 1.13 bits per heavy atom. The third-order valence-corrected chi connectivity index (χ3v) is 2.13. The first-order valence-corrected chi connectivity index (χ1v) is 5.40. The highest BCUT2D eigenvalue weighted by molar-refractivity contribution is 5.74. The molecule has 0 aliphatic heterocycles. The molecule has 0 aliphatic carbocycles. The average Bonchev–Trinajstić information content (AvgIpc) is 2.56. The van der Waals surface area contributed by atoms with Gasteiger partial charge < -0.3 is 4.42 Å². The van der Waals surface area contributed by atoms with Gasteiger partial charge in [0, 0.05) is 18.0 Å². The first kappa shape index (κ1) is 11.7. The van der Waals surface area contributed by atoms with E-state index in [1.807, 2.05) is 20.8 Å². The smallest absolute Gasteiger partial charge is 0.245 e. The van der Waals surface area contributed by atoms with Gasteiger partial charge in [0.15, 0.2) is 0 Å². The molecular weight excluding hydrogens is 188 g/mol. The molecule has 0 bridgehead atoms. The van der Waals surface area contributed by atoms with Gasteiger partial charge in [-0.15, -0.1) is 0 Å². The zero-order valence-corrected chi connectivity index (χ0v) is 10.0. The number of rotatable bonds is 1. The van der Waals surface area contributed by atoms with Crippen LogP contribution in [0.5, 0.6) is 0 Å². The van der Waals surface area contributed by atoms with Crippen molar-refractivity contribution in [3.05, 3.63) is 23.7 Å². The number of hydrogen-bond acceptors (Lipinski definition) is 3. The fraction of sp³-hybridized carbons (Fsp3) is 0.500. The molecule has 15 heavy (non-hydrogen) atoms. The van der Waals surface area contributed by atoms with Crippen molar-refractivity contribution >= 4 is 11.2 Å². The van der Waals surface area contributed by atoms with Gasteiger partial charge in [0.05, 0.1) is 0 Å². The van der Waals surface area contributed by atoms with Crippen LogP contribution >= 0.6 is 0 Å². The topological polar surface area (TPSA) is 38.9 Å². The minimum atomic E-state index is 0.429. The van der Waals surface area contributed by atoms with Crippen molar-refractivity contribution in [2.45, 2.75) is 40.5 Å². The van der Waals surface area contributed by atoms with Crippen molar-refractivity contribution in [3.63, 3.8) is 0 Å². The summed E-state index contributed by atoms with van der Waals surface area (Å²) in [5.74, 6) is 1.36. The maximum atomic E-state index is 5.49. The van der Waals surface area contributed by atoms with Gasteiger partial charge in [-0.2, -0.15) is 0 Å². The molecule has 2 heterocycles. The van der Waals surface area contributed by atoms with Crippen molar-refractivity contribution in [1.29, 1.82) is 0 Å². The number of fused-ring (bicyclic) bond motifs is 1. The predicted octanol–water partition coefficient (Wildman–Crippen LogP) is 3.68. The molecule has 0 amide bonds. The lowest BCUT2D eigenvalue weighted by Gasteiger charge is -2.00. The zero-order chi connectivity index (χ0) is 11.4. The van der Waals surface area contributed by atoms with E-state index in [2.05, 4.69) is 23.8 Å².